The highest BCUT2D eigenvalue weighted by Crippen LogP contribution is 2.21. The first-order valence-corrected chi connectivity index (χ1v) is 7.50. The van der Waals surface area contributed by atoms with Crippen molar-refractivity contribution in [1.29, 1.82) is 0 Å². The van der Waals surface area contributed by atoms with Crippen LogP contribution in [-0.2, 0) is 11.3 Å². The van der Waals surface area contributed by atoms with Gasteiger partial charge in [0.05, 0.1) is 23.0 Å². The Kier molecular flexibility index (Phi) is 4.52. The maximum Gasteiger partial charge on any atom is 0.251 e. The Bertz CT molecular complexity index is 701. The van der Waals surface area contributed by atoms with Crippen LogP contribution in [0.4, 0.5) is 0 Å². The topological polar surface area (TPSA) is 71.1 Å². The van der Waals surface area contributed by atoms with E-state index in [9.17, 15) is 4.79 Å². The van der Waals surface area contributed by atoms with Crippen LogP contribution in [0, 0.1) is 6.92 Å². The molecule has 2 aromatic rings. The van der Waals surface area contributed by atoms with Gasteiger partial charge in [0.1, 0.15) is 11.9 Å². The molecule has 0 aromatic carbocycles. The average Bonchev–Trinajstić information content (AvgIpc) is 2.49. The highest BCUT2D eigenvalue weighted by Gasteiger charge is 2.24. The molecule has 116 valence electrons. The molecule has 1 fully saturated rings. The van der Waals surface area contributed by atoms with Crippen LogP contribution in [0.2, 0.25) is 5.02 Å². The molecule has 1 saturated heterocycles. The number of morpholine rings is 1. The van der Waals surface area contributed by atoms with Gasteiger partial charge in [-0.3, -0.25) is 14.7 Å². The second-order valence-electron chi connectivity index (χ2n) is 5.32. The number of hydrogen-bond donors (Lipinski definition) is 1. The normalized spacial score (nSPS) is 19.3. The maximum atomic E-state index is 11.6. The van der Waals surface area contributed by atoms with Gasteiger partial charge in [0.25, 0.3) is 5.56 Å². The smallest absolute Gasteiger partial charge is 0.251 e. The Labute approximate surface area is 133 Å². The summed E-state index contributed by atoms with van der Waals surface area (Å²) in [6, 6.07) is 5.26. The number of hydrogen-bond acceptors (Lipinski definition) is 5. The predicted octanol–water partition coefficient (Wildman–Crippen LogP) is 1.70. The SMILES string of the molecule is Cc1nc(C2CN(Cc3ccc(Cl)cn3)CCO2)cc(=O)[nH]1. The molecule has 1 atom stereocenters. The van der Waals surface area contributed by atoms with Crippen molar-refractivity contribution in [2.45, 2.75) is 19.6 Å². The van der Waals surface area contributed by atoms with Crippen LogP contribution in [0.3, 0.4) is 0 Å². The predicted molar refractivity (Wildman–Crippen MR) is 82.8 cm³/mol. The van der Waals surface area contributed by atoms with E-state index in [1.165, 1.54) is 6.07 Å². The summed E-state index contributed by atoms with van der Waals surface area (Å²) in [4.78, 5) is 25.1. The van der Waals surface area contributed by atoms with Crippen LogP contribution < -0.4 is 5.56 Å². The fraction of sp³-hybridized carbons (Fsp3) is 0.400. The van der Waals surface area contributed by atoms with Gasteiger partial charge < -0.3 is 9.72 Å². The fourth-order valence-corrected chi connectivity index (χ4v) is 2.63. The van der Waals surface area contributed by atoms with Gasteiger partial charge in [-0.1, -0.05) is 11.6 Å². The van der Waals surface area contributed by atoms with E-state index in [0.717, 1.165) is 18.8 Å². The molecule has 1 aliphatic heterocycles. The molecule has 7 heteroatoms. The molecule has 22 heavy (non-hydrogen) atoms. The molecule has 0 bridgehead atoms. The van der Waals surface area contributed by atoms with Crippen molar-refractivity contribution < 1.29 is 4.74 Å². The maximum absolute atomic E-state index is 11.6. The van der Waals surface area contributed by atoms with E-state index in [2.05, 4.69) is 19.9 Å². The van der Waals surface area contributed by atoms with Gasteiger partial charge >= 0.3 is 0 Å². The zero-order chi connectivity index (χ0) is 15.5. The second kappa shape index (κ2) is 6.56. The minimum Gasteiger partial charge on any atom is -0.369 e. The van der Waals surface area contributed by atoms with E-state index in [-0.39, 0.29) is 11.7 Å². The second-order valence-corrected chi connectivity index (χ2v) is 5.75. The largest absolute Gasteiger partial charge is 0.369 e. The van der Waals surface area contributed by atoms with Gasteiger partial charge in [-0.25, -0.2) is 4.98 Å². The summed E-state index contributed by atoms with van der Waals surface area (Å²) in [6.07, 6.45) is 1.46. The van der Waals surface area contributed by atoms with Crippen LogP contribution in [0.5, 0.6) is 0 Å². The lowest BCUT2D eigenvalue weighted by atomic mass is 10.2. The van der Waals surface area contributed by atoms with Crippen LogP contribution >= 0.6 is 11.6 Å². The third-order valence-electron chi connectivity index (χ3n) is 3.53. The molecule has 2 aromatic heterocycles. The molecule has 3 heterocycles. The summed E-state index contributed by atoms with van der Waals surface area (Å²) in [6.45, 7) is 4.59. The van der Waals surface area contributed by atoms with E-state index < -0.39 is 0 Å². The lowest BCUT2D eigenvalue weighted by Crippen LogP contribution is -2.38. The lowest BCUT2D eigenvalue weighted by Gasteiger charge is -2.32. The molecule has 0 saturated carbocycles. The number of nitrogens with one attached hydrogen (secondary N) is 1. The zero-order valence-electron chi connectivity index (χ0n) is 12.3. The quantitative estimate of drug-likeness (QED) is 0.932. The summed E-state index contributed by atoms with van der Waals surface area (Å²) >= 11 is 5.85. The van der Waals surface area contributed by atoms with Crippen molar-refractivity contribution in [3.63, 3.8) is 0 Å². The van der Waals surface area contributed by atoms with E-state index in [0.29, 0.717) is 29.7 Å². The Hall–Kier alpha value is -1.76. The van der Waals surface area contributed by atoms with E-state index in [1.54, 1.807) is 13.1 Å². The molecule has 3 rings (SSSR count). The first-order chi connectivity index (χ1) is 10.6. The minimum absolute atomic E-state index is 0.150. The molecule has 1 aliphatic rings. The van der Waals surface area contributed by atoms with Gasteiger partial charge in [-0.15, -0.1) is 0 Å². The highest BCUT2D eigenvalue weighted by atomic mass is 35.5. The number of H-pyrrole nitrogens is 1. The average molecular weight is 321 g/mol. The third kappa shape index (κ3) is 3.71. The van der Waals surface area contributed by atoms with Gasteiger partial charge in [-0.2, -0.15) is 0 Å². The van der Waals surface area contributed by atoms with Gasteiger partial charge in [0.2, 0.25) is 0 Å². The number of rotatable bonds is 3. The molecule has 0 radical (unpaired) electrons. The first-order valence-electron chi connectivity index (χ1n) is 7.12. The standard InChI is InChI=1S/C15H17ClN4O2/c1-10-18-13(6-15(21)19-10)14-9-20(4-5-22-14)8-12-3-2-11(16)7-17-12/h2-3,6-7,14H,4-5,8-9H2,1H3,(H,18,19,21). The molecular weight excluding hydrogens is 304 g/mol. The third-order valence-corrected chi connectivity index (χ3v) is 3.76. The number of ether oxygens (including phenoxy) is 1. The Morgan fingerprint density at radius 1 is 1.50 bits per heavy atom. The molecule has 6 nitrogen and oxygen atoms in total. The number of nitrogens with zero attached hydrogens (tertiary/aromatic N) is 3. The van der Waals surface area contributed by atoms with E-state index in [4.69, 9.17) is 16.3 Å². The molecule has 1 unspecified atom stereocenters. The first kappa shape index (κ1) is 15.1. The summed E-state index contributed by atoms with van der Waals surface area (Å²) < 4.78 is 5.76. The van der Waals surface area contributed by atoms with Gasteiger partial charge in [-0.05, 0) is 19.1 Å². The summed E-state index contributed by atoms with van der Waals surface area (Å²) in [5.41, 5.74) is 1.48. The van der Waals surface area contributed by atoms with Crippen molar-refractivity contribution in [2.24, 2.45) is 0 Å². The fourth-order valence-electron chi connectivity index (χ4n) is 2.52. The number of aryl methyl sites for hydroxylation is 1. The van der Waals surface area contributed by atoms with Gasteiger partial charge in [0, 0.05) is 31.9 Å². The van der Waals surface area contributed by atoms with E-state index in [1.807, 2.05) is 12.1 Å². The Balaban J connectivity index is 1.71. The molecule has 0 amide bonds. The molecule has 0 spiro atoms. The van der Waals surface area contributed by atoms with E-state index >= 15 is 0 Å². The zero-order valence-corrected chi connectivity index (χ0v) is 13.0. The Morgan fingerprint density at radius 2 is 2.36 bits per heavy atom. The van der Waals surface area contributed by atoms with Crippen LogP contribution in [0.15, 0.2) is 29.2 Å². The van der Waals surface area contributed by atoms with Crippen molar-refractivity contribution in [2.75, 3.05) is 19.7 Å². The minimum atomic E-state index is -0.193. The Morgan fingerprint density at radius 3 is 3.09 bits per heavy atom. The van der Waals surface area contributed by atoms with Crippen LogP contribution in [0.1, 0.15) is 23.3 Å². The summed E-state index contributed by atoms with van der Waals surface area (Å²) in [5.74, 6) is 0.600. The van der Waals surface area contributed by atoms with Crippen LogP contribution in [-0.4, -0.2) is 39.5 Å². The molecule has 1 N–H and O–H groups in total. The summed E-state index contributed by atoms with van der Waals surface area (Å²) in [5, 5.41) is 0.631. The number of halogens is 1. The van der Waals surface area contributed by atoms with Crippen molar-refractivity contribution in [3.8, 4) is 0 Å². The lowest BCUT2D eigenvalue weighted by molar-refractivity contribution is -0.0355. The number of aromatic nitrogens is 3. The number of pyridine rings is 1. The molecule has 0 aliphatic carbocycles. The highest BCUT2D eigenvalue weighted by molar-refractivity contribution is 6.30. The molecular formula is C15H17ClN4O2. The van der Waals surface area contributed by atoms with Crippen molar-refractivity contribution in [1.82, 2.24) is 19.9 Å². The monoisotopic (exact) mass is 320 g/mol. The van der Waals surface area contributed by atoms with Crippen molar-refractivity contribution in [3.05, 3.63) is 57.0 Å². The van der Waals surface area contributed by atoms with Crippen LogP contribution in [0.25, 0.3) is 0 Å². The van der Waals surface area contributed by atoms with Gasteiger partial charge in [0.15, 0.2) is 0 Å². The number of aromatic amines is 1. The van der Waals surface area contributed by atoms with Crippen molar-refractivity contribution >= 4 is 11.6 Å². The summed E-state index contributed by atoms with van der Waals surface area (Å²) in [7, 11) is 0.